The zero-order valence-corrected chi connectivity index (χ0v) is 7.64. The number of ether oxygens (including phenoxy) is 1. The molecule has 0 fully saturated rings. The molecule has 0 saturated heterocycles. The number of hydrogen-bond acceptors (Lipinski definition) is 1. The molecule has 0 aliphatic rings. The van der Waals surface area contributed by atoms with E-state index in [1.165, 1.54) is 13.8 Å². The van der Waals surface area contributed by atoms with Gasteiger partial charge >= 0.3 is 0 Å². The first kappa shape index (κ1) is 12.7. The van der Waals surface area contributed by atoms with Crippen molar-refractivity contribution >= 4 is 0 Å². The Bertz CT molecular complexity index is 119. The molecule has 4 unspecified atom stereocenters. The van der Waals surface area contributed by atoms with Crippen LogP contribution in [0, 0.1) is 0 Å². The highest BCUT2D eigenvalue weighted by Crippen LogP contribution is 2.11. The van der Waals surface area contributed by atoms with Crippen molar-refractivity contribution in [2.45, 2.75) is 38.4 Å². The number of hydrogen-bond donors (Lipinski definition) is 0. The van der Waals surface area contributed by atoms with Crippen LogP contribution in [0.5, 0.6) is 0 Å². The first-order valence-electron chi connectivity index (χ1n) is 4.08. The number of alkyl halides is 4. The van der Waals surface area contributed by atoms with E-state index in [4.69, 9.17) is 4.74 Å². The van der Waals surface area contributed by atoms with Crippen molar-refractivity contribution in [1.82, 2.24) is 0 Å². The minimum atomic E-state index is -1.78. The Morgan fingerprint density at radius 1 is 0.923 bits per heavy atom. The third kappa shape index (κ3) is 4.45. The standard InChI is InChI=1S/C8H14F4O/c1-5(7(11)3-9)13-6(2)8(12)4-10/h5-8H,3-4H2,1-2H3. The summed E-state index contributed by atoms with van der Waals surface area (Å²) in [7, 11) is 0. The van der Waals surface area contributed by atoms with Gasteiger partial charge in [0, 0.05) is 0 Å². The van der Waals surface area contributed by atoms with E-state index in [2.05, 4.69) is 0 Å². The van der Waals surface area contributed by atoms with E-state index in [0.29, 0.717) is 0 Å². The van der Waals surface area contributed by atoms with Gasteiger partial charge in [0.2, 0.25) is 0 Å². The Morgan fingerprint density at radius 3 is 1.46 bits per heavy atom. The van der Waals surface area contributed by atoms with E-state index in [1.807, 2.05) is 0 Å². The van der Waals surface area contributed by atoms with Crippen molar-refractivity contribution in [1.29, 1.82) is 0 Å². The van der Waals surface area contributed by atoms with Crippen LogP contribution in [-0.2, 0) is 4.74 Å². The Balaban J connectivity index is 3.83. The lowest BCUT2D eigenvalue weighted by molar-refractivity contribution is -0.0720. The quantitative estimate of drug-likeness (QED) is 0.601. The summed E-state index contributed by atoms with van der Waals surface area (Å²) in [6, 6.07) is 0. The maximum absolute atomic E-state index is 12.5. The molecule has 0 radical (unpaired) electrons. The van der Waals surface area contributed by atoms with Crippen LogP contribution in [0.2, 0.25) is 0 Å². The van der Waals surface area contributed by atoms with E-state index in [9.17, 15) is 17.6 Å². The van der Waals surface area contributed by atoms with Gasteiger partial charge in [0.05, 0.1) is 12.2 Å². The molecule has 0 aliphatic carbocycles. The molecule has 5 heteroatoms. The van der Waals surface area contributed by atoms with Crippen molar-refractivity contribution in [3.05, 3.63) is 0 Å². The molecule has 4 atom stereocenters. The normalized spacial score (nSPS) is 20.8. The van der Waals surface area contributed by atoms with E-state index in [0.717, 1.165) is 0 Å². The number of rotatable bonds is 6. The zero-order chi connectivity index (χ0) is 10.4. The first-order chi connectivity index (χ1) is 6.02. The monoisotopic (exact) mass is 202 g/mol. The molecule has 13 heavy (non-hydrogen) atoms. The van der Waals surface area contributed by atoms with Crippen LogP contribution in [0.1, 0.15) is 13.8 Å². The minimum absolute atomic E-state index is 1.05. The second-order valence-electron chi connectivity index (χ2n) is 2.89. The predicted octanol–water partition coefficient (Wildman–Crippen LogP) is 2.40. The van der Waals surface area contributed by atoms with Crippen molar-refractivity contribution in [3.8, 4) is 0 Å². The highest BCUT2D eigenvalue weighted by Gasteiger charge is 2.23. The van der Waals surface area contributed by atoms with Gasteiger partial charge in [0.1, 0.15) is 13.3 Å². The summed E-state index contributed by atoms with van der Waals surface area (Å²) in [5, 5.41) is 0. The van der Waals surface area contributed by atoms with Crippen LogP contribution in [0.15, 0.2) is 0 Å². The Hall–Kier alpha value is -0.320. The van der Waals surface area contributed by atoms with Crippen LogP contribution in [0.4, 0.5) is 17.6 Å². The van der Waals surface area contributed by atoms with Gasteiger partial charge in [0.25, 0.3) is 0 Å². The predicted molar refractivity (Wildman–Crippen MR) is 41.8 cm³/mol. The van der Waals surface area contributed by atoms with Gasteiger partial charge in [-0.05, 0) is 13.8 Å². The van der Waals surface area contributed by atoms with Crippen LogP contribution >= 0.6 is 0 Å². The summed E-state index contributed by atoms with van der Waals surface area (Å²) < 4.78 is 53.3. The Labute approximate surface area is 75.1 Å². The SMILES string of the molecule is CC(OC(C)C(F)CF)C(F)CF. The van der Waals surface area contributed by atoms with Gasteiger partial charge in [0.15, 0.2) is 12.3 Å². The van der Waals surface area contributed by atoms with E-state index >= 15 is 0 Å². The molecule has 0 heterocycles. The lowest BCUT2D eigenvalue weighted by Gasteiger charge is -2.21. The summed E-state index contributed by atoms with van der Waals surface area (Å²) in [6.07, 6.45) is -5.67. The second-order valence-corrected chi connectivity index (χ2v) is 2.89. The fraction of sp³-hybridized carbons (Fsp3) is 1.00. The second kappa shape index (κ2) is 6.18. The maximum Gasteiger partial charge on any atom is 0.154 e. The third-order valence-corrected chi connectivity index (χ3v) is 1.74. The molecule has 0 saturated carbocycles. The number of halogens is 4. The average Bonchev–Trinajstić information content (AvgIpc) is 2.14. The van der Waals surface area contributed by atoms with Gasteiger partial charge in [-0.2, -0.15) is 0 Å². The van der Waals surface area contributed by atoms with Gasteiger partial charge < -0.3 is 4.74 Å². The molecule has 0 aromatic carbocycles. The lowest BCUT2D eigenvalue weighted by atomic mass is 10.2. The molecule has 1 nitrogen and oxygen atoms in total. The molecule has 0 rings (SSSR count). The molecule has 80 valence electrons. The largest absolute Gasteiger partial charge is 0.369 e. The Kier molecular flexibility index (Phi) is 6.03. The molecule has 0 aromatic rings. The van der Waals surface area contributed by atoms with Crippen LogP contribution in [0.25, 0.3) is 0 Å². The highest BCUT2D eigenvalue weighted by atomic mass is 19.2. The molecule has 0 N–H and O–H groups in total. The average molecular weight is 202 g/mol. The molecule has 0 amide bonds. The van der Waals surface area contributed by atoms with Crippen molar-refractivity contribution in [3.63, 3.8) is 0 Å². The summed E-state index contributed by atoms with van der Waals surface area (Å²) in [6.45, 7) is 0.207. The van der Waals surface area contributed by atoms with Crippen LogP contribution < -0.4 is 0 Å². The van der Waals surface area contributed by atoms with Crippen LogP contribution in [-0.4, -0.2) is 37.9 Å². The van der Waals surface area contributed by atoms with E-state index in [-0.39, 0.29) is 0 Å². The fourth-order valence-corrected chi connectivity index (χ4v) is 0.760. The molecular weight excluding hydrogens is 188 g/mol. The van der Waals surface area contributed by atoms with Gasteiger partial charge in [-0.15, -0.1) is 0 Å². The van der Waals surface area contributed by atoms with Crippen molar-refractivity contribution < 1.29 is 22.3 Å². The molecule has 0 aliphatic heterocycles. The highest BCUT2D eigenvalue weighted by molar-refractivity contribution is 4.69. The Morgan fingerprint density at radius 2 is 1.23 bits per heavy atom. The summed E-state index contributed by atoms with van der Waals surface area (Å²) in [5.41, 5.74) is 0. The molecule has 0 aromatic heterocycles. The smallest absolute Gasteiger partial charge is 0.154 e. The van der Waals surface area contributed by atoms with Crippen LogP contribution in [0.3, 0.4) is 0 Å². The van der Waals surface area contributed by atoms with Crippen molar-refractivity contribution in [2.75, 3.05) is 13.3 Å². The van der Waals surface area contributed by atoms with Gasteiger partial charge in [-0.3, -0.25) is 0 Å². The fourth-order valence-electron chi connectivity index (χ4n) is 0.760. The molecular formula is C8H14F4O. The third-order valence-electron chi connectivity index (χ3n) is 1.74. The van der Waals surface area contributed by atoms with E-state index in [1.54, 1.807) is 0 Å². The summed E-state index contributed by atoms with van der Waals surface area (Å²) >= 11 is 0. The zero-order valence-electron chi connectivity index (χ0n) is 7.64. The maximum atomic E-state index is 12.5. The topological polar surface area (TPSA) is 9.23 Å². The molecule has 0 spiro atoms. The summed E-state index contributed by atoms with van der Waals surface area (Å²) in [4.78, 5) is 0. The first-order valence-corrected chi connectivity index (χ1v) is 4.08. The van der Waals surface area contributed by atoms with Crippen molar-refractivity contribution in [2.24, 2.45) is 0 Å². The minimum Gasteiger partial charge on any atom is -0.369 e. The molecule has 0 bridgehead atoms. The van der Waals surface area contributed by atoms with E-state index < -0.39 is 37.9 Å². The lowest BCUT2D eigenvalue weighted by Crippen LogP contribution is -2.33. The van der Waals surface area contributed by atoms with Gasteiger partial charge in [-0.1, -0.05) is 0 Å². The van der Waals surface area contributed by atoms with Gasteiger partial charge in [-0.25, -0.2) is 17.6 Å². The summed E-state index contributed by atoms with van der Waals surface area (Å²) in [5.74, 6) is 0.